The lowest BCUT2D eigenvalue weighted by molar-refractivity contribution is -0.131. The molecule has 3 amide bonds. The fraction of sp³-hybridized carbons (Fsp3) is 0.735. The predicted octanol–water partition coefficient (Wildman–Crippen LogP) is 5.09. The van der Waals surface area contributed by atoms with Gasteiger partial charge in [-0.25, -0.2) is 4.79 Å². The quantitative estimate of drug-likeness (QED) is 0.189. The summed E-state index contributed by atoms with van der Waals surface area (Å²) in [5, 5.41) is 13.3. The van der Waals surface area contributed by atoms with Gasteiger partial charge in [0.2, 0.25) is 11.8 Å². The minimum atomic E-state index is -1.07. The fourth-order valence-electron chi connectivity index (χ4n) is 5.91. The summed E-state index contributed by atoms with van der Waals surface area (Å²) in [5.41, 5.74) is 4.60. The number of ether oxygens (including phenoxy) is 4. The van der Waals surface area contributed by atoms with Crippen LogP contribution in [0.25, 0.3) is 0 Å². The molecule has 1 aromatic rings. The van der Waals surface area contributed by atoms with Crippen LogP contribution in [0.2, 0.25) is 0 Å². The minimum Gasteiger partial charge on any atom is -0.493 e. The molecular formula is C34H57N3O8. The first-order valence-corrected chi connectivity index (χ1v) is 16.0. The molecule has 1 aliphatic rings. The Morgan fingerprint density at radius 3 is 2.27 bits per heavy atom. The third-order valence-electron chi connectivity index (χ3n) is 8.95. The lowest BCUT2D eigenvalue weighted by Crippen LogP contribution is -2.49. The van der Waals surface area contributed by atoms with Gasteiger partial charge in [-0.3, -0.25) is 14.5 Å². The van der Waals surface area contributed by atoms with Gasteiger partial charge in [0.25, 0.3) is 0 Å². The number of methoxy groups -OCH3 is 2. The van der Waals surface area contributed by atoms with Crippen molar-refractivity contribution in [1.29, 1.82) is 0 Å². The van der Waals surface area contributed by atoms with E-state index >= 15 is 0 Å². The molecule has 1 fully saturated rings. The molecule has 0 bridgehead atoms. The van der Waals surface area contributed by atoms with Crippen LogP contribution >= 0.6 is 0 Å². The van der Waals surface area contributed by atoms with Crippen LogP contribution in [0.3, 0.4) is 0 Å². The van der Waals surface area contributed by atoms with Gasteiger partial charge < -0.3 is 35.1 Å². The van der Waals surface area contributed by atoms with Crippen LogP contribution in [0.4, 0.5) is 4.79 Å². The molecule has 1 aromatic carbocycles. The zero-order chi connectivity index (χ0) is 34.1. The molecule has 4 atom stereocenters. The van der Waals surface area contributed by atoms with Crippen LogP contribution in [0.15, 0.2) is 18.2 Å². The number of primary amides is 1. The van der Waals surface area contributed by atoms with Crippen molar-refractivity contribution >= 4 is 17.9 Å². The van der Waals surface area contributed by atoms with E-state index in [1.165, 1.54) is 4.90 Å². The van der Waals surface area contributed by atoms with E-state index in [0.717, 1.165) is 12.0 Å². The van der Waals surface area contributed by atoms with Gasteiger partial charge in [0.1, 0.15) is 5.72 Å². The number of hydrogen-bond donors (Lipinski definition) is 3. The molecule has 45 heavy (non-hydrogen) atoms. The number of nitrogens with one attached hydrogen (secondary N) is 1. The van der Waals surface area contributed by atoms with Crippen molar-refractivity contribution < 1.29 is 38.4 Å². The number of carbonyl (C=O) groups is 3. The summed E-state index contributed by atoms with van der Waals surface area (Å²) in [6.45, 7) is 16.3. The maximum absolute atomic E-state index is 13.4. The Morgan fingerprint density at radius 1 is 1.07 bits per heavy atom. The third-order valence-corrected chi connectivity index (χ3v) is 8.95. The Morgan fingerprint density at radius 2 is 1.73 bits per heavy atom. The number of carboxylic acid groups (broad SMARTS) is 1. The molecule has 0 spiro atoms. The van der Waals surface area contributed by atoms with Gasteiger partial charge in [-0.05, 0) is 82.4 Å². The Bertz CT molecular complexity index is 1140. The van der Waals surface area contributed by atoms with Crippen LogP contribution in [0.1, 0.15) is 80.2 Å². The first-order valence-electron chi connectivity index (χ1n) is 16.0. The molecule has 11 heteroatoms. The summed E-state index contributed by atoms with van der Waals surface area (Å²) >= 11 is 0. The van der Waals surface area contributed by atoms with Gasteiger partial charge in [-0.15, -0.1) is 0 Å². The van der Waals surface area contributed by atoms with E-state index in [-0.39, 0.29) is 30.2 Å². The van der Waals surface area contributed by atoms with Gasteiger partial charge >= 0.3 is 6.09 Å². The molecule has 2 rings (SSSR count). The average Bonchev–Trinajstić information content (AvgIpc) is 3.20. The highest BCUT2D eigenvalue weighted by Gasteiger charge is 2.51. The van der Waals surface area contributed by atoms with Gasteiger partial charge in [0.15, 0.2) is 11.5 Å². The SMILES string of the molecule is COCCCOc1cc(C[C@H](CC2C(C[C@H](C(=O)NCC(C)(C)C(N)=O)C(C)C)OC(C)(C)N2C(=O)O)C(C)C)ccc1OC. The first kappa shape index (κ1) is 38.1. The van der Waals surface area contributed by atoms with Crippen molar-refractivity contribution in [1.82, 2.24) is 10.2 Å². The Hall–Kier alpha value is -3.05. The summed E-state index contributed by atoms with van der Waals surface area (Å²) in [7, 11) is 3.27. The predicted molar refractivity (Wildman–Crippen MR) is 173 cm³/mol. The van der Waals surface area contributed by atoms with Gasteiger partial charge in [0, 0.05) is 32.6 Å². The van der Waals surface area contributed by atoms with E-state index < -0.39 is 41.2 Å². The summed E-state index contributed by atoms with van der Waals surface area (Å²) in [5.74, 6) is 0.450. The van der Waals surface area contributed by atoms with E-state index in [2.05, 4.69) is 19.2 Å². The zero-order valence-corrected chi connectivity index (χ0v) is 29.0. The van der Waals surface area contributed by atoms with E-state index in [4.69, 9.17) is 24.7 Å². The number of rotatable bonds is 18. The molecule has 0 radical (unpaired) electrons. The summed E-state index contributed by atoms with van der Waals surface area (Å²) in [6.07, 6.45) is 0.778. The molecule has 1 aliphatic heterocycles. The molecule has 2 unspecified atom stereocenters. The molecule has 1 saturated heterocycles. The molecule has 0 saturated carbocycles. The first-order chi connectivity index (χ1) is 20.9. The zero-order valence-electron chi connectivity index (χ0n) is 29.0. The molecule has 0 aromatic heterocycles. The summed E-state index contributed by atoms with van der Waals surface area (Å²) in [6, 6.07) is 5.45. The van der Waals surface area contributed by atoms with E-state index in [1.807, 2.05) is 32.0 Å². The number of amides is 3. The Balaban J connectivity index is 2.34. The summed E-state index contributed by atoms with van der Waals surface area (Å²) in [4.78, 5) is 39.3. The van der Waals surface area contributed by atoms with Crippen LogP contribution in [0.5, 0.6) is 11.5 Å². The molecule has 256 valence electrons. The molecule has 1 heterocycles. The summed E-state index contributed by atoms with van der Waals surface area (Å²) < 4.78 is 23.1. The van der Waals surface area contributed by atoms with Gasteiger partial charge in [-0.1, -0.05) is 33.8 Å². The van der Waals surface area contributed by atoms with E-state index in [1.54, 1.807) is 41.9 Å². The maximum atomic E-state index is 13.4. The highest BCUT2D eigenvalue weighted by Crippen LogP contribution is 2.41. The number of hydrogen-bond acceptors (Lipinski definition) is 7. The minimum absolute atomic E-state index is 0.0459. The van der Waals surface area contributed by atoms with Crippen molar-refractivity contribution in [3.63, 3.8) is 0 Å². The number of nitrogens with zero attached hydrogens (tertiary/aromatic N) is 1. The smallest absolute Gasteiger partial charge is 0.409 e. The lowest BCUT2D eigenvalue weighted by atomic mass is 9.80. The normalized spacial score (nSPS) is 19.4. The number of benzene rings is 1. The van der Waals surface area contributed by atoms with Crippen LogP contribution < -0.4 is 20.5 Å². The largest absolute Gasteiger partial charge is 0.493 e. The monoisotopic (exact) mass is 635 g/mol. The van der Waals surface area contributed by atoms with E-state index in [9.17, 15) is 19.5 Å². The number of carbonyl (C=O) groups excluding carboxylic acids is 2. The standard InChI is InChI=1S/C34H57N3O8/c1-21(2)24(16-23-12-13-27(43-10)29(17-23)44-15-11-14-42-9)18-26-28(45-34(7,8)37(26)32(40)41)19-25(22(3)4)30(38)36-20-33(5,6)31(35)39/h12-13,17,21-22,24-26,28H,11,14-16,18-20H2,1-10H3,(H2,35,39)(H,36,38)(H,40,41)/t24-,25+,26?,28?/m1/s1. The highest BCUT2D eigenvalue weighted by molar-refractivity contribution is 5.83. The highest BCUT2D eigenvalue weighted by atomic mass is 16.6. The third kappa shape index (κ3) is 10.5. The second kappa shape index (κ2) is 16.5. The second-order valence-electron chi connectivity index (χ2n) is 14.0. The van der Waals surface area contributed by atoms with Crippen LogP contribution in [0, 0.1) is 29.1 Å². The van der Waals surface area contributed by atoms with Gasteiger partial charge in [0.05, 0.1) is 31.3 Å². The van der Waals surface area contributed by atoms with Crippen molar-refractivity contribution in [2.24, 2.45) is 34.8 Å². The Kier molecular flexibility index (Phi) is 14.0. The number of nitrogens with two attached hydrogens (primary N) is 1. The maximum Gasteiger partial charge on any atom is 0.409 e. The molecule has 11 nitrogen and oxygen atoms in total. The fourth-order valence-corrected chi connectivity index (χ4v) is 5.91. The van der Waals surface area contributed by atoms with Crippen molar-refractivity contribution in [3.8, 4) is 11.5 Å². The van der Waals surface area contributed by atoms with Crippen molar-refractivity contribution in [2.45, 2.75) is 98.9 Å². The van der Waals surface area contributed by atoms with Crippen LogP contribution in [-0.4, -0.2) is 79.8 Å². The molecular weight excluding hydrogens is 578 g/mol. The van der Waals surface area contributed by atoms with Crippen LogP contribution in [-0.2, 0) is 25.5 Å². The molecule has 0 aliphatic carbocycles. The average molecular weight is 636 g/mol. The van der Waals surface area contributed by atoms with Crippen molar-refractivity contribution in [2.75, 3.05) is 34.0 Å². The van der Waals surface area contributed by atoms with Gasteiger partial charge in [-0.2, -0.15) is 0 Å². The topological polar surface area (TPSA) is 150 Å². The second-order valence-corrected chi connectivity index (χ2v) is 14.0. The Labute approximate surface area is 269 Å². The lowest BCUT2D eigenvalue weighted by Gasteiger charge is -2.34. The van der Waals surface area contributed by atoms with Crippen molar-refractivity contribution in [3.05, 3.63) is 23.8 Å². The molecule has 4 N–H and O–H groups in total. The van der Waals surface area contributed by atoms with E-state index in [0.29, 0.717) is 44.0 Å².